The van der Waals surface area contributed by atoms with Gasteiger partial charge in [0.1, 0.15) is 16.7 Å². The average Bonchev–Trinajstić information content (AvgIpc) is 3.11. The van der Waals surface area contributed by atoms with Crippen LogP contribution < -0.4 is 5.73 Å². The Labute approximate surface area is 138 Å². The molecule has 0 aliphatic carbocycles. The molecule has 0 aromatic carbocycles. The molecule has 0 aliphatic heterocycles. The predicted octanol–water partition coefficient (Wildman–Crippen LogP) is 2.48. The minimum atomic E-state index is -0.308. The fraction of sp³-hybridized carbons (Fsp3) is 0.231. The van der Waals surface area contributed by atoms with E-state index in [1.165, 1.54) is 17.7 Å². The van der Waals surface area contributed by atoms with E-state index < -0.39 is 0 Å². The van der Waals surface area contributed by atoms with Crippen LogP contribution >= 0.6 is 27.3 Å². The Bertz CT molecular complexity index is 816. The number of nitrogens with two attached hydrogens (primary N) is 1. The molecule has 114 valence electrons. The van der Waals surface area contributed by atoms with Crippen LogP contribution in [0.4, 0.5) is 5.82 Å². The topological polar surface area (TPSA) is 95.9 Å². The first-order valence-corrected chi connectivity index (χ1v) is 8.10. The zero-order valence-electron chi connectivity index (χ0n) is 11.4. The average molecular weight is 382 g/mol. The molecule has 0 spiro atoms. The number of nitrogen functional groups attached to an aromatic ring is 1. The zero-order chi connectivity index (χ0) is 15.5. The first kappa shape index (κ1) is 14.9. The Morgan fingerprint density at radius 2 is 2.23 bits per heavy atom. The van der Waals surface area contributed by atoms with E-state index in [4.69, 9.17) is 10.5 Å². The summed E-state index contributed by atoms with van der Waals surface area (Å²) < 4.78 is 8.00. The number of thiophene rings is 1. The number of carbonyl (C=O) groups is 1. The number of imidazole rings is 1. The second-order valence-electron chi connectivity index (χ2n) is 4.46. The van der Waals surface area contributed by atoms with Crippen molar-refractivity contribution in [3.63, 3.8) is 0 Å². The molecule has 0 bridgehead atoms. The summed E-state index contributed by atoms with van der Waals surface area (Å²) in [6, 6.07) is 3.56. The van der Waals surface area contributed by atoms with Gasteiger partial charge >= 0.3 is 5.97 Å². The molecule has 3 aromatic heterocycles. The summed E-state index contributed by atoms with van der Waals surface area (Å²) in [6.07, 6.45) is 3.73. The Kier molecular flexibility index (Phi) is 4.34. The minimum absolute atomic E-state index is 0.308. The maximum Gasteiger partial charge on any atom is 0.348 e. The van der Waals surface area contributed by atoms with Gasteiger partial charge in [0.25, 0.3) is 0 Å². The number of aromatic nitrogens is 4. The van der Waals surface area contributed by atoms with Crippen LogP contribution in [0.1, 0.15) is 16.1 Å². The highest BCUT2D eigenvalue weighted by atomic mass is 79.9. The summed E-state index contributed by atoms with van der Waals surface area (Å²) in [5.74, 6) is 0.0520. The Morgan fingerprint density at radius 3 is 3.00 bits per heavy atom. The van der Waals surface area contributed by atoms with Crippen LogP contribution in [0.2, 0.25) is 0 Å². The number of rotatable bonds is 5. The van der Waals surface area contributed by atoms with E-state index >= 15 is 0 Å². The largest absolute Gasteiger partial charge is 0.461 e. The highest BCUT2D eigenvalue weighted by molar-refractivity contribution is 9.11. The van der Waals surface area contributed by atoms with Crippen LogP contribution in [0.15, 0.2) is 28.6 Å². The zero-order valence-corrected chi connectivity index (χ0v) is 13.8. The number of hydrogen-bond acceptors (Lipinski definition) is 7. The van der Waals surface area contributed by atoms with Gasteiger partial charge in [0, 0.05) is 6.54 Å². The van der Waals surface area contributed by atoms with Crippen molar-refractivity contribution >= 4 is 50.2 Å². The van der Waals surface area contributed by atoms with Crippen LogP contribution in [-0.2, 0) is 11.3 Å². The second kappa shape index (κ2) is 6.41. The predicted molar refractivity (Wildman–Crippen MR) is 86.7 cm³/mol. The van der Waals surface area contributed by atoms with Gasteiger partial charge in [0.05, 0.1) is 16.7 Å². The highest BCUT2D eigenvalue weighted by Gasteiger charge is 2.10. The number of fused-ring (bicyclic) bond motifs is 1. The molecule has 0 unspecified atom stereocenters. The summed E-state index contributed by atoms with van der Waals surface area (Å²) in [7, 11) is 0. The first-order valence-electron chi connectivity index (χ1n) is 6.49. The molecule has 0 amide bonds. The van der Waals surface area contributed by atoms with Gasteiger partial charge in [-0.25, -0.2) is 19.7 Å². The van der Waals surface area contributed by atoms with E-state index in [1.807, 2.05) is 10.6 Å². The lowest BCUT2D eigenvalue weighted by atomic mass is 10.4. The number of hydrogen-bond donors (Lipinski definition) is 1. The van der Waals surface area contributed by atoms with Crippen molar-refractivity contribution in [2.45, 2.75) is 13.0 Å². The van der Waals surface area contributed by atoms with Crippen molar-refractivity contribution in [3.05, 3.63) is 33.5 Å². The third-order valence-corrected chi connectivity index (χ3v) is 4.58. The molecule has 0 fully saturated rings. The normalized spacial score (nSPS) is 11.0. The van der Waals surface area contributed by atoms with Crippen LogP contribution in [0.3, 0.4) is 0 Å². The number of halogens is 1. The van der Waals surface area contributed by atoms with Gasteiger partial charge in [-0.3, -0.25) is 0 Å². The van der Waals surface area contributed by atoms with Gasteiger partial charge in [-0.15, -0.1) is 11.3 Å². The smallest absolute Gasteiger partial charge is 0.348 e. The molecular formula is C13H12BrN5O2S. The molecule has 9 heteroatoms. The SMILES string of the molecule is Nc1ncnc2c1ncn2CCCOC(=O)c1ccc(Br)s1. The van der Waals surface area contributed by atoms with E-state index in [0.717, 1.165) is 3.79 Å². The maximum atomic E-state index is 11.8. The lowest BCUT2D eigenvalue weighted by Gasteiger charge is -2.05. The van der Waals surface area contributed by atoms with Crippen LogP contribution in [-0.4, -0.2) is 32.1 Å². The van der Waals surface area contributed by atoms with Gasteiger partial charge in [0.15, 0.2) is 11.5 Å². The summed E-state index contributed by atoms with van der Waals surface area (Å²) in [5, 5.41) is 0. The van der Waals surface area contributed by atoms with E-state index in [2.05, 4.69) is 30.9 Å². The van der Waals surface area contributed by atoms with Crippen molar-refractivity contribution < 1.29 is 9.53 Å². The van der Waals surface area contributed by atoms with E-state index in [1.54, 1.807) is 12.4 Å². The standard InChI is InChI=1S/C13H12BrN5O2S/c14-9-3-2-8(22-9)13(20)21-5-1-4-19-7-18-10-11(15)16-6-17-12(10)19/h2-3,6-7H,1,4-5H2,(H2,15,16,17). The number of carbonyl (C=O) groups excluding carboxylic acids is 1. The summed E-state index contributed by atoms with van der Waals surface area (Å²) in [6.45, 7) is 0.961. The fourth-order valence-corrected chi connectivity index (χ4v) is 3.24. The van der Waals surface area contributed by atoms with Gasteiger partial charge in [-0.1, -0.05) is 0 Å². The van der Waals surface area contributed by atoms with E-state index in [-0.39, 0.29) is 5.97 Å². The summed E-state index contributed by atoms with van der Waals surface area (Å²) in [5.41, 5.74) is 7.00. The maximum absolute atomic E-state index is 11.8. The fourth-order valence-electron chi connectivity index (χ4n) is 1.96. The molecule has 22 heavy (non-hydrogen) atoms. The monoisotopic (exact) mass is 381 g/mol. The van der Waals surface area contributed by atoms with E-state index in [9.17, 15) is 4.79 Å². The molecule has 0 saturated carbocycles. The number of nitrogens with zero attached hydrogens (tertiary/aromatic N) is 4. The van der Waals surface area contributed by atoms with Gasteiger partial charge < -0.3 is 15.0 Å². The lowest BCUT2D eigenvalue weighted by molar-refractivity contribution is 0.0502. The van der Waals surface area contributed by atoms with Crippen molar-refractivity contribution in [1.29, 1.82) is 0 Å². The van der Waals surface area contributed by atoms with Gasteiger partial charge in [-0.05, 0) is 34.5 Å². The molecule has 0 atom stereocenters. The molecule has 0 aliphatic rings. The highest BCUT2D eigenvalue weighted by Crippen LogP contribution is 2.22. The molecule has 3 heterocycles. The Balaban J connectivity index is 1.54. The summed E-state index contributed by atoms with van der Waals surface area (Å²) >= 11 is 4.67. The molecule has 2 N–H and O–H groups in total. The molecule has 7 nitrogen and oxygen atoms in total. The molecule has 0 radical (unpaired) electrons. The van der Waals surface area contributed by atoms with Crippen LogP contribution in [0.25, 0.3) is 11.2 Å². The van der Waals surface area contributed by atoms with Crippen molar-refractivity contribution in [2.75, 3.05) is 12.3 Å². The second-order valence-corrected chi connectivity index (χ2v) is 6.93. The lowest BCUT2D eigenvalue weighted by Crippen LogP contribution is -2.07. The Morgan fingerprint density at radius 1 is 1.36 bits per heavy atom. The third-order valence-electron chi connectivity index (χ3n) is 2.98. The van der Waals surface area contributed by atoms with Crippen molar-refractivity contribution in [3.8, 4) is 0 Å². The number of aryl methyl sites for hydroxylation is 1. The van der Waals surface area contributed by atoms with Crippen molar-refractivity contribution in [1.82, 2.24) is 19.5 Å². The third kappa shape index (κ3) is 3.09. The number of ether oxygens (including phenoxy) is 1. The van der Waals surface area contributed by atoms with Gasteiger partial charge in [0.2, 0.25) is 0 Å². The first-order chi connectivity index (χ1) is 10.6. The van der Waals surface area contributed by atoms with Crippen LogP contribution in [0, 0.1) is 0 Å². The van der Waals surface area contributed by atoms with E-state index in [0.29, 0.717) is 41.4 Å². The molecule has 3 aromatic rings. The Hall–Kier alpha value is -2.00. The quantitative estimate of drug-likeness (QED) is 0.538. The number of anilines is 1. The molecule has 0 saturated heterocycles. The van der Waals surface area contributed by atoms with Gasteiger partial charge in [-0.2, -0.15) is 0 Å². The van der Waals surface area contributed by atoms with Crippen molar-refractivity contribution in [2.24, 2.45) is 0 Å². The molecular weight excluding hydrogens is 370 g/mol. The summed E-state index contributed by atoms with van der Waals surface area (Å²) in [4.78, 5) is 24.6. The molecule has 3 rings (SSSR count). The van der Waals surface area contributed by atoms with Crippen LogP contribution in [0.5, 0.6) is 0 Å². The number of esters is 1. The minimum Gasteiger partial charge on any atom is -0.461 e.